The van der Waals surface area contributed by atoms with E-state index in [0.717, 1.165) is 62.9 Å². The lowest BCUT2D eigenvalue weighted by Gasteiger charge is -2.37. The van der Waals surface area contributed by atoms with E-state index in [4.69, 9.17) is 9.47 Å². The molecule has 2 aliphatic carbocycles. The first-order chi connectivity index (χ1) is 17.4. The van der Waals surface area contributed by atoms with Crippen molar-refractivity contribution in [2.24, 2.45) is 0 Å². The van der Waals surface area contributed by atoms with Crippen molar-refractivity contribution in [3.8, 4) is 11.5 Å². The highest BCUT2D eigenvalue weighted by Crippen LogP contribution is 2.47. The van der Waals surface area contributed by atoms with Crippen LogP contribution in [0.3, 0.4) is 0 Å². The number of ketones is 2. The second kappa shape index (κ2) is 10.4. The Balaban J connectivity index is 1.57. The van der Waals surface area contributed by atoms with E-state index in [2.05, 4.69) is 66.0 Å². The predicted molar refractivity (Wildman–Crippen MR) is 148 cm³/mol. The molecule has 6 heteroatoms. The van der Waals surface area contributed by atoms with Crippen molar-refractivity contribution < 1.29 is 19.1 Å². The number of ether oxygens (including phenoxy) is 2. The smallest absolute Gasteiger partial charge is 0.174 e. The topological polar surface area (TPSA) is 64.6 Å². The molecule has 0 saturated heterocycles. The van der Waals surface area contributed by atoms with E-state index < -0.39 is 0 Å². The summed E-state index contributed by atoms with van der Waals surface area (Å²) in [7, 11) is 0. The van der Waals surface area contributed by atoms with Crippen molar-refractivity contribution in [3.05, 3.63) is 78.7 Å². The third-order valence-electron chi connectivity index (χ3n) is 7.12. The van der Waals surface area contributed by atoms with Gasteiger partial charge in [0.25, 0.3) is 0 Å². The predicted octanol–water partition coefficient (Wildman–Crippen LogP) is 6.59. The van der Waals surface area contributed by atoms with Crippen LogP contribution in [0.1, 0.15) is 73.6 Å². The van der Waals surface area contributed by atoms with Crippen molar-refractivity contribution >= 4 is 34.2 Å². The fourth-order valence-electron chi connectivity index (χ4n) is 5.78. The molecule has 1 heterocycles. The Hall–Kier alpha value is -2.61. The summed E-state index contributed by atoms with van der Waals surface area (Å²) in [6.07, 6.45) is 4.44. The summed E-state index contributed by atoms with van der Waals surface area (Å²) in [6, 6.07) is 10.5. The maximum Gasteiger partial charge on any atom is 0.174 e. The van der Waals surface area contributed by atoms with Gasteiger partial charge in [-0.25, -0.2) is 0 Å². The van der Waals surface area contributed by atoms with E-state index in [0.29, 0.717) is 37.6 Å². The van der Waals surface area contributed by atoms with Crippen LogP contribution in [0.25, 0.3) is 0 Å². The van der Waals surface area contributed by atoms with Crippen LogP contribution in [-0.4, -0.2) is 18.2 Å². The van der Waals surface area contributed by atoms with Gasteiger partial charge in [-0.1, -0.05) is 29.3 Å². The molecular formula is C30H32INO4. The van der Waals surface area contributed by atoms with Gasteiger partial charge in [-0.3, -0.25) is 9.59 Å². The van der Waals surface area contributed by atoms with Crippen molar-refractivity contribution in [1.29, 1.82) is 0 Å². The molecule has 1 N–H and O–H groups in total. The number of aryl methyl sites for hydroxylation is 2. The van der Waals surface area contributed by atoms with Crippen LogP contribution >= 0.6 is 22.6 Å². The Morgan fingerprint density at radius 2 is 1.47 bits per heavy atom. The maximum atomic E-state index is 13.2. The SMILES string of the molecule is CCOc1cc(C2C3=C(CCCC3=O)NC3=C2C(=O)CCC3)cc(I)c1OCc1cc(C)cc(C)c1. The number of halogens is 1. The largest absolute Gasteiger partial charge is 0.490 e. The average molecular weight is 597 g/mol. The molecule has 2 aromatic rings. The highest BCUT2D eigenvalue weighted by Gasteiger charge is 2.40. The molecule has 0 spiro atoms. The summed E-state index contributed by atoms with van der Waals surface area (Å²) in [6.45, 7) is 7.06. The quantitative estimate of drug-likeness (QED) is 0.381. The van der Waals surface area contributed by atoms with Crippen LogP contribution < -0.4 is 14.8 Å². The third-order valence-corrected chi connectivity index (χ3v) is 7.92. The Morgan fingerprint density at radius 1 is 0.861 bits per heavy atom. The molecule has 0 aromatic heterocycles. The van der Waals surface area contributed by atoms with Crippen LogP contribution in [0.5, 0.6) is 11.5 Å². The molecule has 1 aliphatic heterocycles. The highest BCUT2D eigenvalue weighted by molar-refractivity contribution is 14.1. The molecule has 0 fully saturated rings. The molecule has 0 bridgehead atoms. The number of hydrogen-bond donors (Lipinski definition) is 1. The number of carbonyl (C=O) groups excluding carboxylic acids is 2. The molecule has 0 amide bonds. The Bertz CT molecular complexity index is 1240. The van der Waals surface area contributed by atoms with E-state index in [1.807, 2.05) is 13.0 Å². The molecule has 5 nitrogen and oxygen atoms in total. The van der Waals surface area contributed by atoms with Crippen molar-refractivity contribution in [2.75, 3.05) is 6.61 Å². The highest BCUT2D eigenvalue weighted by atomic mass is 127. The molecule has 188 valence electrons. The van der Waals surface area contributed by atoms with Crippen molar-refractivity contribution in [1.82, 2.24) is 5.32 Å². The monoisotopic (exact) mass is 597 g/mol. The second-order valence-electron chi connectivity index (χ2n) is 9.94. The van der Waals surface area contributed by atoms with Crippen LogP contribution in [0.2, 0.25) is 0 Å². The minimum absolute atomic E-state index is 0.141. The fourth-order valence-corrected chi connectivity index (χ4v) is 6.56. The lowest BCUT2D eigenvalue weighted by molar-refractivity contribution is -0.117. The molecule has 36 heavy (non-hydrogen) atoms. The summed E-state index contributed by atoms with van der Waals surface area (Å²) >= 11 is 2.29. The van der Waals surface area contributed by atoms with Gasteiger partial charge in [-0.05, 0) is 92.3 Å². The summed E-state index contributed by atoms with van der Waals surface area (Å²) in [5.41, 5.74) is 7.96. The number of dihydropyridines is 1. The first-order valence-electron chi connectivity index (χ1n) is 12.8. The normalized spacial score (nSPS) is 18.1. The third kappa shape index (κ3) is 4.84. The standard InChI is InChI=1S/C30H32INO4/c1-4-35-26-15-20(14-21(31)30(26)36-16-19-12-17(2)11-18(3)13-19)27-28-22(7-5-9-24(28)33)32-23-8-6-10-25(34)29(23)27/h11-15,27,32H,4-10,16H2,1-3H3. The molecule has 3 aliphatic rings. The number of hydrogen-bond acceptors (Lipinski definition) is 5. The van der Waals surface area contributed by atoms with Gasteiger partial charge in [0.05, 0.1) is 10.2 Å². The van der Waals surface area contributed by atoms with E-state index in [1.54, 1.807) is 0 Å². The molecule has 5 rings (SSSR count). The number of benzene rings is 2. The zero-order chi connectivity index (χ0) is 25.4. The van der Waals surface area contributed by atoms with Gasteiger partial charge >= 0.3 is 0 Å². The van der Waals surface area contributed by atoms with Gasteiger partial charge < -0.3 is 14.8 Å². The lowest BCUT2D eigenvalue weighted by Crippen LogP contribution is -2.36. The van der Waals surface area contributed by atoms with E-state index in [-0.39, 0.29) is 17.5 Å². The van der Waals surface area contributed by atoms with Crippen LogP contribution in [0.4, 0.5) is 0 Å². The number of rotatable bonds is 6. The van der Waals surface area contributed by atoms with Gasteiger partial charge in [-0.2, -0.15) is 0 Å². The van der Waals surface area contributed by atoms with Gasteiger partial charge in [0.2, 0.25) is 0 Å². The van der Waals surface area contributed by atoms with Gasteiger partial charge in [-0.15, -0.1) is 0 Å². The van der Waals surface area contributed by atoms with Crippen LogP contribution in [0.15, 0.2) is 52.9 Å². The molecule has 0 saturated carbocycles. The van der Waals surface area contributed by atoms with Gasteiger partial charge in [0, 0.05) is 41.3 Å². The van der Waals surface area contributed by atoms with Crippen LogP contribution in [0, 0.1) is 17.4 Å². The van der Waals surface area contributed by atoms with E-state index >= 15 is 0 Å². The van der Waals surface area contributed by atoms with Gasteiger partial charge in [0.1, 0.15) is 6.61 Å². The van der Waals surface area contributed by atoms with Crippen molar-refractivity contribution in [3.63, 3.8) is 0 Å². The molecule has 0 atom stereocenters. The average Bonchev–Trinajstić information content (AvgIpc) is 2.82. The summed E-state index contributed by atoms with van der Waals surface area (Å²) < 4.78 is 13.3. The van der Waals surface area contributed by atoms with E-state index in [9.17, 15) is 9.59 Å². The fraction of sp³-hybridized carbons (Fsp3) is 0.400. The zero-order valence-electron chi connectivity index (χ0n) is 21.1. The van der Waals surface area contributed by atoms with Crippen LogP contribution in [-0.2, 0) is 16.2 Å². The summed E-state index contributed by atoms with van der Waals surface area (Å²) in [4.78, 5) is 26.4. The van der Waals surface area contributed by atoms with Crippen molar-refractivity contribution in [2.45, 2.75) is 71.8 Å². The number of Topliss-reactive ketones (excluding diaryl/α,β-unsaturated/α-hetero) is 2. The first-order valence-corrected chi connectivity index (χ1v) is 13.9. The Labute approximate surface area is 226 Å². The summed E-state index contributed by atoms with van der Waals surface area (Å²) in [5, 5.41) is 3.49. The second-order valence-corrected chi connectivity index (χ2v) is 11.1. The Morgan fingerprint density at radius 3 is 2.06 bits per heavy atom. The molecule has 0 radical (unpaired) electrons. The molecule has 0 unspecified atom stereocenters. The number of carbonyl (C=O) groups is 2. The van der Waals surface area contributed by atoms with E-state index in [1.165, 1.54) is 11.1 Å². The minimum atomic E-state index is -0.349. The Kier molecular flexibility index (Phi) is 7.24. The van der Waals surface area contributed by atoms with Gasteiger partial charge in [0.15, 0.2) is 23.1 Å². The molecular weight excluding hydrogens is 565 g/mol. The minimum Gasteiger partial charge on any atom is -0.490 e. The zero-order valence-corrected chi connectivity index (χ0v) is 23.3. The maximum absolute atomic E-state index is 13.2. The number of nitrogens with one attached hydrogen (secondary N) is 1. The first kappa shape index (κ1) is 25.1. The molecule has 2 aromatic carbocycles. The number of allylic oxidation sites excluding steroid dienone is 4. The lowest BCUT2D eigenvalue weighted by atomic mass is 9.71. The summed E-state index contributed by atoms with van der Waals surface area (Å²) in [5.74, 6) is 1.28.